The first-order valence-electron chi connectivity index (χ1n) is 21.2. The summed E-state index contributed by atoms with van der Waals surface area (Å²) in [5.41, 5.74) is -2.80. The van der Waals surface area contributed by atoms with Gasteiger partial charge in [0.2, 0.25) is 5.88 Å². The Kier molecular flexibility index (Phi) is 11.0. The Morgan fingerprint density at radius 2 is 1.82 bits per heavy atom. The van der Waals surface area contributed by atoms with Crippen LogP contribution in [0.2, 0.25) is 0 Å². The van der Waals surface area contributed by atoms with E-state index in [2.05, 4.69) is 29.0 Å². The maximum Gasteiger partial charge on any atom is 0.408 e. The first-order chi connectivity index (χ1) is 28.4. The minimum absolute atomic E-state index is 0.0127. The number of anilines is 1. The number of β-amino-alcohol motifs (C(OH)–C–C–N with tert-alkyl or cyclic N) is 1. The van der Waals surface area contributed by atoms with Crippen LogP contribution in [0.4, 0.5) is 19.4 Å². The van der Waals surface area contributed by atoms with Crippen molar-refractivity contribution in [2.45, 2.75) is 115 Å². The highest BCUT2D eigenvalue weighted by atomic mass is 19.1. The second kappa shape index (κ2) is 15.7. The number of carbonyl (C=O) groups is 1. The highest BCUT2D eigenvalue weighted by Crippen LogP contribution is 2.52. The lowest BCUT2D eigenvalue weighted by molar-refractivity contribution is -0.0649. The number of pyridine rings is 1. The molecule has 0 radical (unpaired) electrons. The summed E-state index contributed by atoms with van der Waals surface area (Å²) in [4.78, 5) is 31.3. The number of hydrogen-bond donors (Lipinski definition) is 3. The van der Waals surface area contributed by atoms with Crippen LogP contribution in [0.15, 0.2) is 30.3 Å². The third-order valence-electron chi connectivity index (χ3n) is 13.1. The van der Waals surface area contributed by atoms with Crippen LogP contribution in [0, 0.1) is 23.0 Å². The molecule has 4 aliphatic rings. The van der Waals surface area contributed by atoms with Gasteiger partial charge in [0.15, 0.2) is 5.82 Å². The molecule has 4 fully saturated rings. The number of aromatic hydroxyl groups is 1. The van der Waals surface area contributed by atoms with Gasteiger partial charge in [-0.1, -0.05) is 18.6 Å². The van der Waals surface area contributed by atoms with Gasteiger partial charge in [0, 0.05) is 40.5 Å². The van der Waals surface area contributed by atoms with Crippen molar-refractivity contribution < 1.29 is 42.7 Å². The van der Waals surface area contributed by atoms with Gasteiger partial charge in [-0.25, -0.2) is 18.6 Å². The van der Waals surface area contributed by atoms with Crippen LogP contribution in [0.3, 0.4) is 0 Å². The van der Waals surface area contributed by atoms with Crippen LogP contribution >= 0.6 is 0 Å². The second-order valence-corrected chi connectivity index (χ2v) is 19.2. The number of nitrogens with zero attached hydrogens (tertiary/aromatic N) is 5. The molecule has 3 atom stereocenters. The Balaban J connectivity index is 1.12. The number of aliphatic hydroxyl groups is 1. The van der Waals surface area contributed by atoms with Gasteiger partial charge in [-0.05, 0) is 116 Å². The number of likely N-dealkylation sites (tertiary alicyclic amines) is 1. The fourth-order valence-electron chi connectivity index (χ4n) is 10.2. The molecule has 2 aromatic carbocycles. The van der Waals surface area contributed by atoms with Crippen molar-refractivity contribution in [3.05, 3.63) is 42.0 Å². The summed E-state index contributed by atoms with van der Waals surface area (Å²) >= 11 is 0. The molecule has 4 heterocycles. The molecule has 2 aliphatic carbocycles. The smallest absolute Gasteiger partial charge is 0.408 e. The van der Waals surface area contributed by atoms with Gasteiger partial charge in [-0.3, -0.25) is 4.90 Å². The number of rotatable bonds is 9. The summed E-state index contributed by atoms with van der Waals surface area (Å²) in [6.45, 7) is 13.5. The van der Waals surface area contributed by atoms with Gasteiger partial charge in [0.25, 0.3) is 0 Å². The van der Waals surface area contributed by atoms with Gasteiger partial charge in [-0.2, -0.15) is 9.97 Å². The maximum absolute atomic E-state index is 17.3. The van der Waals surface area contributed by atoms with Crippen molar-refractivity contribution in [2.75, 3.05) is 51.5 Å². The van der Waals surface area contributed by atoms with Crippen molar-refractivity contribution in [1.29, 1.82) is 0 Å². The molecule has 15 heteroatoms. The van der Waals surface area contributed by atoms with Crippen LogP contribution in [-0.2, 0) is 9.47 Å². The summed E-state index contributed by atoms with van der Waals surface area (Å²) in [7, 11) is 1.40. The lowest BCUT2D eigenvalue weighted by atomic mass is 9.66. The number of fused-ring (bicyclic) bond motifs is 3. The van der Waals surface area contributed by atoms with Crippen LogP contribution < -0.4 is 19.7 Å². The number of amides is 1. The van der Waals surface area contributed by atoms with Crippen molar-refractivity contribution >= 4 is 33.6 Å². The molecule has 4 aromatic rings. The molecule has 0 spiro atoms. The Morgan fingerprint density at radius 3 is 2.57 bits per heavy atom. The second-order valence-electron chi connectivity index (χ2n) is 19.2. The molecule has 2 aromatic heterocycles. The molecule has 2 saturated carbocycles. The Morgan fingerprint density at radius 1 is 1.05 bits per heavy atom. The topological polar surface area (TPSA) is 152 Å². The van der Waals surface area contributed by atoms with Crippen LogP contribution in [-0.4, -0.2) is 112 Å². The highest BCUT2D eigenvalue weighted by Gasteiger charge is 2.53. The van der Waals surface area contributed by atoms with Gasteiger partial charge in [-0.15, -0.1) is 0 Å². The van der Waals surface area contributed by atoms with Gasteiger partial charge in [0.05, 0.1) is 33.5 Å². The molecular weight excluding hydrogens is 775 g/mol. The largest absolute Gasteiger partial charge is 0.508 e. The molecule has 3 N–H and O–H groups in total. The zero-order chi connectivity index (χ0) is 42.8. The number of piperidine rings is 1. The first kappa shape index (κ1) is 42.1. The van der Waals surface area contributed by atoms with E-state index in [4.69, 9.17) is 28.9 Å². The minimum Gasteiger partial charge on any atom is -0.508 e. The van der Waals surface area contributed by atoms with E-state index in [0.29, 0.717) is 30.5 Å². The van der Waals surface area contributed by atoms with Crippen LogP contribution in [0.1, 0.15) is 86.5 Å². The monoisotopic (exact) mass is 832 g/mol. The van der Waals surface area contributed by atoms with Gasteiger partial charge in [0.1, 0.15) is 45.2 Å². The van der Waals surface area contributed by atoms with Crippen molar-refractivity contribution in [3.63, 3.8) is 0 Å². The molecule has 2 aliphatic heterocycles. The molecule has 13 nitrogen and oxygen atoms in total. The Labute approximate surface area is 349 Å². The summed E-state index contributed by atoms with van der Waals surface area (Å²) in [5, 5.41) is 25.6. The van der Waals surface area contributed by atoms with E-state index in [9.17, 15) is 15.0 Å². The number of methoxy groups -OCH3 is 1. The Bertz CT molecular complexity index is 2280. The minimum atomic E-state index is -1.25. The average Bonchev–Trinajstić information content (AvgIpc) is 3.49. The maximum atomic E-state index is 17.3. The number of carbonyl (C=O) groups excluding carboxylic acids is 1. The summed E-state index contributed by atoms with van der Waals surface area (Å²) in [6.07, 6.45) is 6.55. The number of halogens is 2. The molecule has 60 heavy (non-hydrogen) atoms. The summed E-state index contributed by atoms with van der Waals surface area (Å²) in [6, 6.07) is 7.73. The fraction of sp³-hybridized carbons (Fsp3) is 0.600. The molecule has 0 bridgehead atoms. The number of alkyl carbamates (subject to hydrolysis) is 1. The predicted octanol–water partition coefficient (Wildman–Crippen LogP) is 7.52. The number of hydrogen-bond acceptors (Lipinski definition) is 12. The van der Waals surface area contributed by atoms with Crippen molar-refractivity contribution in [2.24, 2.45) is 11.3 Å². The van der Waals surface area contributed by atoms with Crippen LogP contribution in [0.5, 0.6) is 17.6 Å². The summed E-state index contributed by atoms with van der Waals surface area (Å²) < 4.78 is 56.4. The molecule has 8 rings (SSSR count). The molecule has 2 saturated heterocycles. The quantitative estimate of drug-likeness (QED) is 0.153. The fourth-order valence-corrected chi connectivity index (χ4v) is 10.2. The van der Waals surface area contributed by atoms with Crippen molar-refractivity contribution in [3.8, 4) is 28.9 Å². The standard InChI is InChI=1S/C45H58F2N6O7/c1-42(2,3)60-41(55)51-43(4,5)27-20-28(21-27)53-16-10-15-45(14-9-13-32(45)53)25-59-40-49-37-34(38(50-40)52-17-18-58-24-44(6,56)23-52)39(57-7)48-36(35(37)47)30-22-29(54)19-26-11-8-12-31(46)33(26)30/h8,11-12,19,22,27-28,32,54,56H,9-10,13-18,20-21,23-25H2,1-7H3,(H,51,55)/t27?,28?,32-,44+,45-/m1/s1. The van der Waals surface area contributed by atoms with Gasteiger partial charge >= 0.3 is 12.1 Å². The number of nitrogens with one attached hydrogen (secondary N) is 1. The van der Waals surface area contributed by atoms with E-state index in [0.717, 1.165) is 51.5 Å². The predicted molar refractivity (Wildman–Crippen MR) is 224 cm³/mol. The van der Waals surface area contributed by atoms with E-state index in [-0.39, 0.29) is 82.2 Å². The van der Waals surface area contributed by atoms with Crippen LogP contribution in [0.25, 0.3) is 32.9 Å². The van der Waals surface area contributed by atoms with Crippen molar-refractivity contribution in [1.82, 2.24) is 25.2 Å². The summed E-state index contributed by atoms with van der Waals surface area (Å²) in [5.74, 6) is -1.10. The molecule has 1 amide bonds. The van der Waals surface area contributed by atoms with E-state index < -0.39 is 34.5 Å². The SMILES string of the molecule is COc1nc(-c2cc(O)cc3cccc(F)c23)c(F)c2nc(OC[C@]34CCC[C@H]3N(C3CC(C(C)(C)NC(=O)OC(C)(C)C)C3)CCC4)nc(N3CCOC[C@@](C)(O)C3)c12. The number of phenols is 1. The highest BCUT2D eigenvalue weighted by molar-refractivity contribution is 6.02. The van der Waals surface area contributed by atoms with E-state index >= 15 is 8.78 Å². The average molecular weight is 833 g/mol. The number of phenolic OH excluding ortho intramolecular Hbond substituents is 1. The third-order valence-corrected chi connectivity index (χ3v) is 13.1. The molecule has 0 unspecified atom stereocenters. The third kappa shape index (κ3) is 8.12. The lowest BCUT2D eigenvalue weighted by Crippen LogP contribution is -2.62. The lowest BCUT2D eigenvalue weighted by Gasteiger charge is -2.55. The van der Waals surface area contributed by atoms with Gasteiger partial charge < -0.3 is 39.4 Å². The Hall–Kier alpha value is -4.60. The number of benzene rings is 2. The molecule has 324 valence electrons. The number of ether oxygens (including phenoxy) is 4. The molecular formula is C45H58F2N6O7. The zero-order valence-corrected chi connectivity index (χ0v) is 35.7. The zero-order valence-electron chi connectivity index (χ0n) is 35.7. The first-order valence-corrected chi connectivity index (χ1v) is 21.2. The number of aromatic nitrogens is 3. The van der Waals surface area contributed by atoms with E-state index in [1.165, 1.54) is 31.4 Å². The van der Waals surface area contributed by atoms with E-state index in [1.54, 1.807) is 13.0 Å². The van der Waals surface area contributed by atoms with E-state index in [1.807, 2.05) is 25.7 Å². The normalized spacial score (nSPS) is 26.4.